The van der Waals surface area contributed by atoms with E-state index in [0.29, 0.717) is 22.4 Å². The molecule has 0 spiro atoms. The van der Waals surface area contributed by atoms with Crippen LogP contribution < -0.4 is 4.74 Å². The fraction of sp³-hybridized carbons (Fsp3) is 0.154. The molecule has 1 saturated heterocycles. The number of benzene rings is 3. The first kappa shape index (κ1) is 21.3. The number of amides is 1. The molecule has 3 aromatic carbocycles. The second-order valence-electron chi connectivity index (χ2n) is 7.38. The minimum Gasteiger partial charge on any atom is -0.488 e. The molecule has 0 atom stereocenters. The third-order valence-electron chi connectivity index (χ3n) is 5.02. The van der Waals surface area contributed by atoms with E-state index in [9.17, 15) is 4.79 Å². The Hall–Kier alpha value is -2.89. The molecule has 1 heterocycles. The van der Waals surface area contributed by atoms with Gasteiger partial charge in [-0.1, -0.05) is 102 Å². The Morgan fingerprint density at radius 3 is 2.52 bits per heavy atom. The SMILES string of the molecule is Cc1cccc(COc2ccccc2/C=C2/SC(=S)N(CCc3ccccc3)C2=O)c1. The van der Waals surface area contributed by atoms with Gasteiger partial charge >= 0.3 is 0 Å². The van der Waals surface area contributed by atoms with Gasteiger partial charge in [0.1, 0.15) is 16.7 Å². The van der Waals surface area contributed by atoms with Gasteiger partial charge in [0.2, 0.25) is 0 Å². The molecule has 5 heteroatoms. The van der Waals surface area contributed by atoms with E-state index in [-0.39, 0.29) is 5.91 Å². The van der Waals surface area contributed by atoms with Crippen molar-refractivity contribution in [3.05, 3.63) is 106 Å². The molecule has 0 bridgehead atoms. The zero-order valence-electron chi connectivity index (χ0n) is 17.3. The molecule has 1 aliphatic rings. The highest BCUT2D eigenvalue weighted by molar-refractivity contribution is 8.26. The second-order valence-corrected chi connectivity index (χ2v) is 9.06. The number of hydrogen-bond donors (Lipinski definition) is 0. The van der Waals surface area contributed by atoms with Crippen LogP contribution >= 0.6 is 24.0 Å². The predicted octanol–water partition coefficient (Wildman–Crippen LogP) is 6.02. The standard InChI is InChI=1S/C26H23NO2S2/c1-19-8-7-11-21(16-19)18-29-23-13-6-5-12-22(23)17-24-25(28)27(26(30)31-24)15-14-20-9-3-2-4-10-20/h2-13,16-17H,14-15,18H2,1H3/b24-17+. The Bertz CT molecular complexity index is 1130. The number of para-hydroxylation sites is 1. The van der Waals surface area contributed by atoms with Crippen molar-refractivity contribution >= 4 is 40.3 Å². The van der Waals surface area contributed by atoms with Crippen LogP contribution in [0, 0.1) is 6.92 Å². The first-order valence-corrected chi connectivity index (χ1v) is 11.4. The molecule has 1 aliphatic heterocycles. The highest BCUT2D eigenvalue weighted by Gasteiger charge is 2.31. The molecule has 3 nitrogen and oxygen atoms in total. The molecule has 0 saturated carbocycles. The lowest BCUT2D eigenvalue weighted by molar-refractivity contribution is -0.122. The van der Waals surface area contributed by atoms with Crippen LogP contribution in [-0.4, -0.2) is 21.7 Å². The molecule has 1 fully saturated rings. The van der Waals surface area contributed by atoms with Gasteiger partial charge in [0.25, 0.3) is 5.91 Å². The van der Waals surface area contributed by atoms with Crippen molar-refractivity contribution in [1.29, 1.82) is 0 Å². The van der Waals surface area contributed by atoms with Crippen LogP contribution in [0.4, 0.5) is 0 Å². The second kappa shape index (κ2) is 9.94. The summed E-state index contributed by atoms with van der Waals surface area (Å²) in [5.41, 5.74) is 4.38. The van der Waals surface area contributed by atoms with Crippen LogP contribution in [0.3, 0.4) is 0 Å². The molecule has 31 heavy (non-hydrogen) atoms. The summed E-state index contributed by atoms with van der Waals surface area (Å²) in [4.78, 5) is 15.3. The molecule has 0 unspecified atom stereocenters. The smallest absolute Gasteiger partial charge is 0.266 e. The number of hydrogen-bond acceptors (Lipinski definition) is 4. The van der Waals surface area contributed by atoms with Crippen LogP contribution in [0.2, 0.25) is 0 Å². The maximum absolute atomic E-state index is 13.0. The minimum atomic E-state index is -0.0422. The van der Waals surface area contributed by atoms with Gasteiger partial charge in [-0.3, -0.25) is 9.69 Å². The quantitative estimate of drug-likeness (QED) is 0.329. The molecule has 1 amide bonds. The van der Waals surface area contributed by atoms with E-state index < -0.39 is 0 Å². The lowest BCUT2D eigenvalue weighted by Crippen LogP contribution is -2.30. The van der Waals surface area contributed by atoms with Gasteiger partial charge in [-0.25, -0.2) is 0 Å². The van der Waals surface area contributed by atoms with Crippen LogP contribution in [0.1, 0.15) is 22.3 Å². The highest BCUT2D eigenvalue weighted by Crippen LogP contribution is 2.34. The van der Waals surface area contributed by atoms with E-state index >= 15 is 0 Å². The van der Waals surface area contributed by atoms with Crippen LogP contribution in [0.15, 0.2) is 83.8 Å². The van der Waals surface area contributed by atoms with E-state index in [1.807, 2.05) is 60.7 Å². The van der Waals surface area contributed by atoms with Crippen LogP contribution in [0.25, 0.3) is 6.08 Å². The zero-order chi connectivity index (χ0) is 21.6. The summed E-state index contributed by atoms with van der Waals surface area (Å²) in [6.07, 6.45) is 2.66. The summed E-state index contributed by atoms with van der Waals surface area (Å²) in [6, 6.07) is 26.2. The Balaban J connectivity index is 1.47. The maximum atomic E-state index is 13.0. The van der Waals surface area contributed by atoms with Crippen molar-refractivity contribution in [2.45, 2.75) is 20.0 Å². The predicted molar refractivity (Wildman–Crippen MR) is 132 cm³/mol. The Morgan fingerprint density at radius 1 is 0.968 bits per heavy atom. The topological polar surface area (TPSA) is 29.5 Å². The molecule has 0 radical (unpaired) electrons. The zero-order valence-corrected chi connectivity index (χ0v) is 18.9. The monoisotopic (exact) mass is 445 g/mol. The summed E-state index contributed by atoms with van der Waals surface area (Å²) in [7, 11) is 0. The van der Waals surface area contributed by atoms with Gasteiger partial charge in [0, 0.05) is 12.1 Å². The maximum Gasteiger partial charge on any atom is 0.266 e. The molecule has 156 valence electrons. The molecular formula is C26H23NO2S2. The van der Waals surface area contributed by atoms with Crippen molar-refractivity contribution in [3.8, 4) is 5.75 Å². The van der Waals surface area contributed by atoms with Crippen LogP contribution in [-0.2, 0) is 17.8 Å². The van der Waals surface area contributed by atoms with Gasteiger partial charge < -0.3 is 4.74 Å². The average molecular weight is 446 g/mol. The van der Waals surface area contributed by atoms with Gasteiger partial charge in [-0.15, -0.1) is 0 Å². The molecule has 4 rings (SSSR count). The average Bonchev–Trinajstić information content (AvgIpc) is 3.05. The number of aryl methyl sites for hydroxylation is 1. The fourth-order valence-electron chi connectivity index (χ4n) is 3.41. The molecular weight excluding hydrogens is 422 g/mol. The summed E-state index contributed by atoms with van der Waals surface area (Å²) >= 11 is 6.83. The first-order chi connectivity index (χ1) is 15.1. The summed E-state index contributed by atoms with van der Waals surface area (Å²) in [5, 5.41) is 0. The Labute approximate surface area is 192 Å². The lowest BCUT2D eigenvalue weighted by Gasteiger charge is -2.14. The number of nitrogens with zero attached hydrogens (tertiary/aromatic N) is 1. The number of thiocarbonyl (C=S) groups is 1. The minimum absolute atomic E-state index is 0.0422. The molecule has 0 aliphatic carbocycles. The van der Waals surface area contributed by atoms with Gasteiger partial charge in [-0.2, -0.15) is 0 Å². The lowest BCUT2D eigenvalue weighted by atomic mass is 10.1. The van der Waals surface area contributed by atoms with Gasteiger partial charge in [0.15, 0.2) is 0 Å². The van der Waals surface area contributed by atoms with Crippen molar-refractivity contribution in [2.75, 3.05) is 6.54 Å². The molecule has 0 aromatic heterocycles. The Kier molecular flexibility index (Phi) is 6.85. The van der Waals surface area contributed by atoms with Crippen molar-refractivity contribution in [2.24, 2.45) is 0 Å². The normalized spacial score (nSPS) is 15.0. The highest BCUT2D eigenvalue weighted by atomic mass is 32.2. The van der Waals surface area contributed by atoms with E-state index in [1.165, 1.54) is 22.9 Å². The largest absolute Gasteiger partial charge is 0.488 e. The van der Waals surface area contributed by atoms with Crippen molar-refractivity contribution < 1.29 is 9.53 Å². The van der Waals surface area contributed by atoms with Crippen molar-refractivity contribution in [3.63, 3.8) is 0 Å². The van der Waals surface area contributed by atoms with Crippen LogP contribution in [0.5, 0.6) is 5.75 Å². The van der Waals surface area contributed by atoms with Crippen molar-refractivity contribution in [1.82, 2.24) is 4.90 Å². The third kappa shape index (κ3) is 5.43. The van der Waals surface area contributed by atoms with E-state index in [1.54, 1.807) is 4.90 Å². The molecule has 0 N–H and O–H groups in total. The van der Waals surface area contributed by atoms with E-state index in [4.69, 9.17) is 17.0 Å². The Morgan fingerprint density at radius 2 is 1.71 bits per heavy atom. The summed E-state index contributed by atoms with van der Waals surface area (Å²) in [5.74, 6) is 0.706. The number of carbonyl (C=O) groups is 1. The fourth-order valence-corrected chi connectivity index (χ4v) is 4.71. The number of rotatable bonds is 7. The number of ether oxygens (including phenoxy) is 1. The number of thioether (sulfide) groups is 1. The summed E-state index contributed by atoms with van der Waals surface area (Å²) < 4.78 is 6.67. The van der Waals surface area contributed by atoms with Gasteiger partial charge in [0.05, 0.1) is 4.91 Å². The number of carbonyl (C=O) groups excluding carboxylic acids is 1. The van der Waals surface area contributed by atoms with Gasteiger partial charge in [-0.05, 0) is 36.6 Å². The van der Waals surface area contributed by atoms with E-state index in [2.05, 4.69) is 31.2 Å². The molecule has 3 aromatic rings. The summed E-state index contributed by atoms with van der Waals surface area (Å²) in [6.45, 7) is 3.12. The third-order valence-corrected chi connectivity index (χ3v) is 6.40. The first-order valence-electron chi connectivity index (χ1n) is 10.2. The van der Waals surface area contributed by atoms with E-state index in [0.717, 1.165) is 23.3 Å².